The van der Waals surface area contributed by atoms with Crippen molar-refractivity contribution in [2.75, 3.05) is 13.7 Å². The molecule has 5 nitrogen and oxygen atoms in total. The number of rotatable bonds is 2. The van der Waals surface area contributed by atoms with Crippen LogP contribution in [0.25, 0.3) is 0 Å². The molecule has 0 N–H and O–H groups in total. The van der Waals surface area contributed by atoms with Gasteiger partial charge in [-0.05, 0) is 25.0 Å². The van der Waals surface area contributed by atoms with E-state index in [1.807, 2.05) is 13.0 Å². The highest BCUT2D eigenvalue weighted by atomic mass is 16.5. The van der Waals surface area contributed by atoms with Crippen LogP contribution in [0.15, 0.2) is 12.1 Å². The topological polar surface area (TPSA) is 69.7 Å². The summed E-state index contributed by atoms with van der Waals surface area (Å²) in [5.74, 6) is -2.87. The van der Waals surface area contributed by atoms with Gasteiger partial charge in [-0.2, -0.15) is 0 Å². The van der Waals surface area contributed by atoms with Crippen molar-refractivity contribution in [2.24, 2.45) is 5.92 Å². The van der Waals surface area contributed by atoms with Gasteiger partial charge in [0.15, 0.2) is 5.78 Å². The molecule has 0 radical (unpaired) electrons. The predicted molar refractivity (Wildman–Crippen MR) is 66.3 cm³/mol. The maximum Gasteiger partial charge on any atom is 0.375 e. The fourth-order valence-corrected chi connectivity index (χ4v) is 2.13. The number of aryl methyl sites for hydroxylation is 2. The average Bonchev–Trinajstić information content (AvgIpc) is 2.41. The lowest BCUT2D eigenvalue weighted by Gasteiger charge is -2.25. The molecule has 0 bridgehead atoms. The van der Waals surface area contributed by atoms with Crippen LogP contribution in [0.1, 0.15) is 21.5 Å². The van der Waals surface area contributed by atoms with Crippen LogP contribution in [0.5, 0.6) is 5.75 Å². The van der Waals surface area contributed by atoms with E-state index >= 15 is 0 Å². The van der Waals surface area contributed by atoms with E-state index in [9.17, 15) is 14.4 Å². The molecule has 5 heteroatoms. The monoisotopic (exact) mass is 262 g/mol. The zero-order valence-corrected chi connectivity index (χ0v) is 11.0. The molecule has 1 aliphatic heterocycles. The molecule has 1 aromatic rings. The van der Waals surface area contributed by atoms with Gasteiger partial charge in [-0.15, -0.1) is 0 Å². The summed E-state index contributed by atoms with van der Waals surface area (Å²) in [6, 6.07) is 3.64. The predicted octanol–water partition coefficient (Wildman–Crippen LogP) is 1.24. The number of methoxy groups -OCH3 is 1. The first-order valence-electron chi connectivity index (χ1n) is 5.86. The van der Waals surface area contributed by atoms with E-state index in [1.165, 1.54) is 0 Å². The molecular weight excluding hydrogens is 248 g/mol. The summed E-state index contributed by atoms with van der Waals surface area (Å²) < 4.78 is 9.84. The van der Waals surface area contributed by atoms with Crippen LogP contribution in [-0.4, -0.2) is 31.3 Å². The van der Waals surface area contributed by atoms with Gasteiger partial charge < -0.3 is 9.47 Å². The van der Waals surface area contributed by atoms with Gasteiger partial charge in [0, 0.05) is 0 Å². The van der Waals surface area contributed by atoms with Gasteiger partial charge in [-0.1, -0.05) is 12.1 Å². The number of Topliss-reactive ketones (excluding diaryl/α,β-unsaturated/α-hetero) is 2. The molecule has 100 valence electrons. The van der Waals surface area contributed by atoms with Crippen molar-refractivity contribution in [3.05, 3.63) is 28.8 Å². The van der Waals surface area contributed by atoms with Crippen LogP contribution in [0.4, 0.5) is 0 Å². The van der Waals surface area contributed by atoms with Crippen molar-refractivity contribution in [3.63, 3.8) is 0 Å². The Hall–Kier alpha value is -2.17. The molecule has 0 saturated heterocycles. The highest BCUT2D eigenvalue weighted by Gasteiger charge is 2.39. The van der Waals surface area contributed by atoms with E-state index in [0.29, 0.717) is 11.3 Å². The zero-order chi connectivity index (χ0) is 14.2. The van der Waals surface area contributed by atoms with Crippen molar-refractivity contribution in [3.8, 4) is 5.75 Å². The molecule has 0 aliphatic carbocycles. The Balaban J connectivity index is 2.43. The fourth-order valence-electron chi connectivity index (χ4n) is 2.13. The van der Waals surface area contributed by atoms with E-state index in [0.717, 1.165) is 18.2 Å². The number of carbonyl (C=O) groups is 3. The van der Waals surface area contributed by atoms with Crippen molar-refractivity contribution in [1.82, 2.24) is 0 Å². The summed E-state index contributed by atoms with van der Waals surface area (Å²) in [6.07, 6.45) is 0. The Morgan fingerprint density at radius 3 is 2.53 bits per heavy atom. The van der Waals surface area contributed by atoms with E-state index in [4.69, 9.17) is 4.74 Å². The summed E-state index contributed by atoms with van der Waals surface area (Å²) in [5.41, 5.74) is 1.94. The number of hydrogen-bond donors (Lipinski definition) is 0. The molecule has 0 saturated carbocycles. The molecule has 1 atom stereocenters. The third-order valence-corrected chi connectivity index (χ3v) is 3.22. The van der Waals surface area contributed by atoms with Gasteiger partial charge in [0.25, 0.3) is 5.78 Å². The maximum absolute atomic E-state index is 12.3. The van der Waals surface area contributed by atoms with E-state index in [2.05, 4.69) is 4.74 Å². The van der Waals surface area contributed by atoms with Crippen LogP contribution in [0.2, 0.25) is 0 Å². The average molecular weight is 262 g/mol. The third kappa shape index (κ3) is 2.12. The standard InChI is InChI=1S/C14H14O5/c1-7-4-5-8(2)13-10(7)11(15)9(6-19-13)12(16)14(17)18-3/h4-5,9H,6H2,1-3H3. The minimum atomic E-state index is -1.11. The summed E-state index contributed by atoms with van der Waals surface area (Å²) in [6.45, 7) is 3.47. The largest absolute Gasteiger partial charge is 0.491 e. The summed E-state index contributed by atoms with van der Waals surface area (Å²) in [5, 5.41) is 0. The molecule has 0 amide bonds. The number of carbonyl (C=O) groups excluding carboxylic acids is 3. The Morgan fingerprint density at radius 2 is 1.89 bits per heavy atom. The Bertz CT molecular complexity index is 573. The highest BCUT2D eigenvalue weighted by Crippen LogP contribution is 2.33. The van der Waals surface area contributed by atoms with Gasteiger partial charge in [0.1, 0.15) is 18.3 Å². The van der Waals surface area contributed by atoms with E-state index < -0.39 is 17.7 Å². The van der Waals surface area contributed by atoms with Gasteiger partial charge in [0.2, 0.25) is 0 Å². The number of hydrogen-bond acceptors (Lipinski definition) is 5. The zero-order valence-electron chi connectivity index (χ0n) is 11.0. The SMILES string of the molecule is COC(=O)C(=O)C1COc2c(C)ccc(C)c2C1=O. The number of ether oxygens (including phenoxy) is 2. The summed E-state index contributed by atoms with van der Waals surface area (Å²) in [4.78, 5) is 35.4. The Labute approximate surface area is 110 Å². The lowest BCUT2D eigenvalue weighted by molar-refractivity contribution is -0.153. The van der Waals surface area contributed by atoms with Crippen LogP contribution < -0.4 is 4.74 Å². The first kappa shape index (κ1) is 13.3. The van der Waals surface area contributed by atoms with Crippen molar-refractivity contribution in [2.45, 2.75) is 13.8 Å². The second-order valence-corrected chi connectivity index (χ2v) is 4.49. The minimum absolute atomic E-state index is 0.121. The smallest absolute Gasteiger partial charge is 0.375 e. The molecule has 19 heavy (non-hydrogen) atoms. The number of benzene rings is 1. The lowest BCUT2D eigenvalue weighted by atomic mass is 9.88. The molecule has 1 aromatic carbocycles. The van der Waals surface area contributed by atoms with Crippen LogP contribution in [0, 0.1) is 19.8 Å². The summed E-state index contributed by atoms with van der Waals surface area (Å²) in [7, 11) is 1.11. The first-order valence-corrected chi connectivity index (χ1v) is 5.86. The van der Waals surface area contributed by atoms with E-state index in [1.54, 1.807) is 13.0 Å². The van der Waals surface area contributed by atoms with Gasteiger partial charge in [-0.25, -0.2) is 4.79 Å². The normalized spacial score (nSPS) is 17.4. The molecule has 1 aliphatic rings. The van der Waals surface area contributed by atoms with Crippen molar-refractivity contribution in [1.29, 1.82) is 0 Å². The van der Waals surface area contributed by atoms with Gasteiger partial charge >= 0.3 is 5.97 Å². The molecule has 0 spiro atoms. The number of fused-ring (bicyclic) bond motifs is 1. The second-order valence-electron chi connectivity index (χ2n) is 4.49. The first-order chi connectivity index (χ1) is 8.97. The van der Waals surface area contributed by atoms with Gasteiger partial charge in [-0.3, -0.25) is 9.59 Å². The van der Waals surface area contributed by atoms with Gasteiger partial charge in [0.05, 0.1) is 12.7 Å². The maximum atomic E-state index is 12.3. The molecule has 0 fully saturated rings. The third-order valence-electron chi connectivity index (χ3n) is 3.22. The van der Waals surface area contributed by atoms with E-state index in [-0.39, 0.29) is 12.4 Å². The van der Waals surface area contributed by atoms with Crippen LogP contribution >= 0.6 is 0 Å². The summed E-state index contributed by atoms with van der Waals surface area (Å²) >= 11 is 0. The van der Waals surface area contributed by atoms with Crippen molar-refractivity contribution < 1.29 is 23.9 Å². The molecular formula is C14H14O5. The Morgan fingerprint density at radius 1 is 1.26 bits per heavy atom. The molecule has 2 rings (SSSR count). The molecule has 1 unspecified atom stereocenters. The fraction of sp³-hybridized carbons (Fsp3) is 0.357. The molecule has 1 heterocycles. The van der Waals surface area contributed by atoms with Crippen LogP contribution in [0.3, 0.4) is 0 Å². The van der Waals surface area contributed by atoms with Crippen LogP contribution in [-0.2, 0) is 14.3 Å². The lowest BCUT2D eigenvalue weighted by Crippen LogP contribution is -2.39. The number of ketones is 2. The minimum Gasteiger partial charge on any atom is -0.491 e. The van der Waals surface area contributed by atoms with Crippen molar-refractivity contribution >= 4 is 17.5 Å². The molecule has 0 aromatic heterocycles. The quantitative estimate of drug-likeness (QED) is 0.455. The Kier molecular flexibility index (Phi) is 3.38. The number of esters is 1. The second kappa shape index (κ2) is 4.84. The highest BCUT2D eigenvalue weighted by molar-refractivity contribution is 6.39.